The van der Waals surface area contributed by atoms with E-state index in [1.54, 1.807) is 6.20 Å². The van der Waals surface area contributed by atoms with Crippen LogP contribution in [0.25, 0.3) is 0 Å². The molecule has 2 N–H and O–H groups in total. The molecule has 3 nitrogen and oxygen atoms in total. The molecule has 1 heterocycles. The van der Waals surface area contributed by atoms with E-state index in [-0.39, 0.29) is 0 Å². The molecule has 0 aliphatic carbocycles. The Hall–Kier alpha value is -2.03. The maximum Gasteiger partial charge on any atom is 0.123 e. The first kappa shape index (κ1) is 11.5. The molecule has 0 saturated heterocycles. The highest BCUT2D eigenvalue weighted by Gasteiger charge is 2.01. The van der Waals surface area contributed by atoms with Crippen molar-refractivity contribution in [3.8, 4) is 0 Å². The second kappa shape index (κ2) is 5.34. The Labute approximate surface area is 102 Å². The van der Waals surface area contributed by atoms with Crippen molar-refractivity contribution in [2.75, 3.05) is 24.2 Å². The van der Waals surface area contributed by atoms with Crippen LogP contribution >= 0.6 is 0 Å². The van der Waals surface area contributed by atoms with Gasteiger partial charge in [0.2, 0.25) is 0 Å². The predicted octanol–water partition coefficient (Wildman–Crippen LogP) is 2.34. The van der Waals surface area contributed by atoms with E-state index in [1.807, 2.05) is 18.2 Å². The maximum absolute atomic E-state index is 5.56. The van der Waals surface area contributed by atoms with Crippen LogP contribution < -0.4 is 10.6 Å². The minimum atomic E-state index is 0.560. The van der Waals surface area contributed by atoms with Gasteiger partial charge in [-0.15, -0.1) is 0 Å². The molecule has 0 saturated carbocycles. The van der Waals surface area contributed by atoms with Crippen LogP contribution in [0.1, 0.15) is 5.56 Å². The number of nitrogens with zero attached hydrogens (tertiary/aromatic N) is 2. The first-order chi connectivity index (χ1) is 8.25. The summed E-state index contributed by atoms with van der Waals surface area (Å²) in [7, 11) is 2.07. The number of anilines is 2. The lowest BCUT2D eigenvalue weighted by atomic mass is 10.1. The molecule has 17 heavy (non-hydrogen) atoms. The lowest BCUT2D eigenvalue weighted by molar-refractivity contribution is 0.874. The second-order valence-corrected chi connectivity index (χ2v) is 4.10. The Bertz CT molecular complexity index is 451. The van der Waals surface area contributed by atoms with Crippen molar-refractivity contribution in [3.05, 3.63) is 54.2 Å². The Kier molecular flexibility index (Phi) is 3.60. The zero-order valence-electron chi connectivity index (χ0n) is 10.0. The minimum absolute atomic E-state index is 0.560. The van der Waals surface area contributed by atoms with Crippen LogP contribution in [-0.2, 0) is 6.42 Å². The van der Waals surface area contributed by atoms with E-state index in [2.05, 4.69) is 41.2 Å². The van der Waals surface area contributed by atoms with Crippen molar-refractivity contribution in [2.45, 2.75) is 6.42 Å². The van der Waals surface area contributed by atoms with Crippen LogP contribution in [0.15, 0.2) is 48.7 Å². The molecule has 0 aliphatic rings. The Morgan fingerprint density at radius 1 is 1.12 bits per heavy atom. The minimum Gasteiger partial charge on any atom is -0.384 e. The Balaban J connectivity index is 1.93. The van der Waals surface area contributed by atoms with E-state index >= 15 is 0 Å². The Morgan fingerprint density at radius 2 is 1.88 bits per heavy atom. The fourth-order valence-corrected chi connectivity index (χ4v) is 1.69. The largest absolute Gasteiger partial charge is 0.384 e. The molecule has 0 atom stereocenters. The number of rotatable bonds is 4. The molecular formula is C14H17N3. The normalized spacial score (nSPS) is 10.2. The van der Waals surface area contributed by atoms with Crippen LogP contribution in [-0.4, -0.2) is 18.6 Å². The third-order valence-electron chi connectivity index (χ3n) is 2.79. The van der Waals surface area contributed by atoms with E-state index in [0.29, 0.717) is 5.82 Å². The number of benzene rings is 1. The quantitative estimate of drug-likeness (QED) is 0.871. The molecule has 1 aromatic heterocycles. The summed E-state index contributed by atoms with van der Waals surface area (Å²) >= 11 is 0. The van der Waals surface area contributed by atoms with Crippen LogP contribution in [0.5, 0.6) is 0 Å². The van der Waals surface area contributed by atoms with Crippen LogP contribution in [0, 0.1) is 0 Å². The topological polar surface area (TPSA) is 42.1 Å². The molecule has 0 aliphatic heterocycles. The summed E-state index contributed by atoms with van der Waals surface area (Å²) in [5.41, 5.74) is 8.00. The van der Waals surface area contributed by atoms with E-state index < -0.39 is 0 Å². The van der Waals surface area contributed by atoms with Crippen LogP contribution in [0.4, 0.5) is 11.5 Å². The van der Waals surface area contributed by atoms with Crippen molar-refractivity contribution in [3.63, 3.8) is 0 Å². The second-order valence-electron chi connectivity index (χ2n) is 4.10. The van der Waals surface area contributed by atoms with E-state index in [0.717, 1.165) is 18.7 Å². The monoisotopic (exact) mass is 227 g/mol. The summed E-state index contributed by atoms with van der Waals surface area (Å²) in [5, 5.41) is 0. The van der Waals surface area contributed by atoms with Gasteiger partial charge in [0, 0.05) is 13.6 Å². The van der Waals surface area contributed by atoms with Gasteiger partial charge in [-0.3, -0.25) is 0 Å². The molecular weight excluding hydrogens is 210 g/mol. The molecule has 2 aromatic rings. The molecule has 3 heteroatoms. The number of nitrogen functional groups attached to an aromatic ring is 1. The number of pyridine rings is 1. The molecule has 0 unspecified atom stereocenters. The van der Waals surface area contributed by atoms with Gasteiger partial charge < -0.3 is 10.6 Å². The highest BCUT2D eigenvalue weighted by atomic mass is 15.1. The van der Waals surface area contributed by atoms with Crippen molar-refractivity contribution in [1.82, 2.24) is 4.98 Å². The van der Waals surface area contributed by atoms with Gasteiger partial charge in [0.25, 0.3) is 0 Å². The molecule has 0 radical (unpaired) electrons. The smallest absolute Gasteiger partial charge is 0.123 e. The summed E-state index contributed by atoms with van der Waals surface area (Å²) in [6, 6.07) is 14.3. The van der Waals surface area contributed by atoms with Gasteiger partial charge in [-0.2, -0.15) is 0 Å². The summed E-state index contributed by atoms with van der Waals surface area (Å²) in [6.07, 6.45) is 2.84. The molecule has 0 bridgehead atoms. The van der Waals surface area contributed by atoms with Gasteiger partial charge in [-0.05, 0) is 24.1 Å². The number of nitrogens with two attached hydrogens (primary N) is 1. The van der Waals surface area contributed by atoms with Gasteiger partial charge in [-0.25, -0.2) is 4.98 Å². The molecule has 0 spiro atoms. The first-order valence-electron chi connectivity index (χ1n) is 5.72. The third kappa shape index (κ3) is 3.21. The van der Waals surface area contributed by atoms with Gasteiger partial charge in [0.1, 0.15) is 5.82 Å². The molecule has 0 fully saturated rings. The highest BCUT2D eigenvalue weighted by Crippen LogP contribution is 2.12. The Morgan fingerprint density at radius 3 is 2.53 bits per heavy atom. The molecule has 88 valence electrons. The molecule has 2 rings (SSSR count). The summed E-state index contributed by atoms with van der Waals surface area (Å²) < 4.78 is 0. The van der Waals surface area contributed by atoms with Gasteiger partial charge >= 0.3 is 0 Å². The fraction of sp³-hybridized carbons (Fsp3) is 0.214. The lowest BCUT2D eigenvalue weighted by Gasteiger charge is -2.18. The summed E-state index contributed by atoms with van der Waals surface area (Å²) in [5.74, 6) is 0.560. The average Bonchev–Trinajstić information content (AvgIpc) is 2.38. The average molecular weight is 227 g/mol. The number of aromatic nitrogens is 1. The van der Waals surface area contributed by atoms with Gasteiger partial charge in [-0.1, -0.05) is 30.3 Å². The zero-order chi connectivity index (χ0) is 12.1. The van der Waals surface area contributed by atoms with E-state index in [4.69, 9.17) is 5.73 Å². The predicted molar refractivity (Wildman–Crippen MR) is 72.1 cm³/mol. The van der Waals surface area contributed by atoms with Crippen molar-refractivity contribution in [2.24, 2.45) is 0 Å². The SMILES string of the molecule is CN(CCc1ccccc1)c1ccc(N)nc1. The van der Waals surface area contributed by atoms with Crippen LogP contribution in [0.3, 0.4) is 0 Å². The van der Waals surface area contributed by atoms with Gasteiger partial charge in [0.15, 0.2) is 0 Å². The number of hydrogen-bond donors (Lipinski definition) is 1. The fourth-order valence-electron chi connectivity index (χ4n) is 1.69. The number of likely N-dealkylation sites (N-methyl/N-ethyl adjacent to an activating group) is 1. The third-order valence-corrected chi connectivity index (χ3v) is 2.79. The van der Waals surface area contributed by atoms with Crippen molar-refractivity contribution in [1.29, 1.82) is 0 Å². The lowest BCUT2D eigenvalue weighted by Crippen LogP contribution is -2.20. The highest BCUT2D eigenvalue weighted by molar-refractivity contribution is 5.47. The first-order valence-corrected chi connectivity index (χ1v) is 5.72. The van der Waals surface area contributed by atoms with Crippen molar-refractivity contribution >= 4 is 11.5 Å². The zero-order valence-corrected chi connectivity index (χ0v) is 10.0. The molecule has 0 amide bonds. The summed E-state index contributed by atoms with van der Waals surface area (Å²) in [4.78, 5) is 6.27. The van der Waals surface area contributed by atoms with Crippen LogP contribution in [0.2, 0.25) is 0 Å². The maximum atomic E-state index is 5.56. The van der Waals surface area contributed by atoms with E-state index in [1.165, 1.54) is 5.56 Å². The van der Waals surface area contributed by atoms with Crippen molar-refractivity contribution < 1.29 is 0 Å². The van der Waals surface area contributed by atoms with Gasteiger partial charge in [0.05, 0.1) is 11.9 Å². The summed E-state index contributed by atoms with van der Waals surface area (Å²) in [6.45, 7) is 0.968. The number of hydrogen-bond acceptors (Lipinski definition) is 3. The molecule has 1 aromatic carbocycles. The standard InChI is InChI=1S/C14H17N3/c1-17(13-7-8-14(15)16-11-13)10-9-12-5-3-2-4-6-12/h2-8,11H,9-10H2,1H3,(H2,15,16). The van der Waals surface area contributed by atoms with E-state index in [9.17, 15) is 0 Å².